The number of alkyl halides is 3. The number of anilines is 2. The number of benzene rings is 3. The molecule has 0 fully saturated rings. The molecule has 3 aromatic carbocycles. The molecule has 4 aromatic rings. The Kier molecular flexibility index (Phi) is 13.4. The van der Waals surface area contributed by atoms with Crippen molar-refractivity contribution < 1.29 is 42.0 Å². The largest absolute Gasteiger partial charge is 0.618 e. The number of hydrogen-bond acceptors (Lipinski definition) is 7. The maximum absolute atomic E-state index is 13.8. The number of amides is 1. The monoisotopic (exact) mass is 733 g/mol. The van der Waals surface area contributed by atoms with Crippen LogP contribution in [0.1, 0.15) is 63.0 Å². The van der Waals surface area contributed by atoms with Gasteiger partial charge in [-0.05, 0) is 77.9 Å². The fourth-order valence-electron chi connectivity index (χ4n) is 6.04. The van der Waals surface area contributed by atoms with Gasteiger partial charge in [-0.15, -0.1) is 0 Å². The molecule has 0 radical (unpaired) electrons. The van der Waals surface area contributed by atoms with Crippen molar-refractivity contribution >= 4 is 23.4 Å². The third-order valence-corrected chi connectivity index (χ3v) is 8.64. The topological polar surface area (TPSA) is 107 Å². The van der Waals surface area contributed by atoms with E-state index >= 15 is 0 Å². The summed E-state index contributed by atoms with van der Waals surface area (Å²) in [5.74, 6) is 0.358. The first-order valence-corrected chi connectivity index (χ1v) is 17.8. The van der Waals surface area contributed by atoms with E-state index in [1.54, 1.807) is 0 Å². The molecular weight excluding hydrogens is 687 g/mol. The van der Waals surface area contributed by atoms with E-state index < -0.39 is 24.8 Å². The zero-order valence-electron chi connectivity index (χ0n) is 30.2. The summed E-state index contributed by atoms with van der Waals surface area (Å²) in [4.78, 5) is 16.0. The molecule has 0 saturated heterocycles. The van der Waals surface area contributed by atoms with E-state index in [-0.39, 0.29) is 22.7 Å². The summed E-state index contributed by atoms with van der Waals surface area (Å²) in [5.41, 5.74) is 4.28. The second-order valence-electron chi connectivity index (χ2n) is 13.3. The normalized spacial score (nSPS) is 13.6. The van der Waals surface area contributed by atoms with E-state index in [2.05, 4.69) is 43.1 Å². The zero-order chi connectivity index (χ0) is 38.0. The second-order valence-corrected chi connectivity index (χ2v) is 13.3. The third kappa shape index (κ3) is 11.0. The van der Waals surface area contributed by atoms with Crippen LogP contribution in [0.15, 0.2) is 90.6 Å². The summed E-state index contributed by atoms with van der Waals surface area (Å²) in [6, 6.07) is 22.4. The summed E-state index contributed by atoms with van der Waals surface area (Å²) in [7, 11) is 0. The quantitative estimate of drug-likeness (QED) is 0.0681. The van der Waals surface area contributed by atoms with Crippen LogP contribution >= 0.6 is 0 Å². The number of hydrogen-bond donors (Lipinski definition) is 2. The van der Waals surface area contributed by atoms with Crippen LogP contribution in [-0.2, 0) is 9.53 Å². The van der Waals surface area contributed by atoms with Gasteiger partial charge in [-0.1, -0.05) is 51.5 Å². The summed E-state index contributed by atoms with van der Waals surface area (Å²) in [5, 5.41) is 26.1. The highest BCUT2D eigenvalue weighted by molar-refractivity contribution is 6.07. The fraction of sp³-hybridized carbons (Fsp3) is 0.366. The Morgan fingerprint density at radius 1 is 0.981 bits per heavy atom. The molecule has 1 aromatic heterocycles. The number of rotatable bonds is 16. The first-order chi connectivity index (χ1) is 25.4. The number of carbonyl (C=O) groups excluding carboxylic acids is 1. The maximum atomic E-state index is 13.8. The standard InChI is InChI=1S/C41H46F3N3O6/c1-4-5-20-51-21-22-52-34-13-9-29(10-14-34)30-11-16-36-32(23-30)24-31(17-19-46(36)26-28(2)3)40(49)45-33-12-15-35(38(25-33)53-27-41(42,43)44)39(48)37-8-6-7-18-47(37)50/h6-16,18,23-25,28,39,48H,4-5,17,19-22,26-27H2,1-3H3,(H,45,49). The minimum Gasteiger partial charge on any atom is -0.618 e. The van der Waals surface area contributed by atoms with Gasteiger partial charge in [-0.2, -0.15) is 17.9 Å². The highest BCUT2D eigenvalue weighted by atomic mass is 19.4. The number of ether oxygens (including phenoxy) is 3. The van der Waals surface area contributed by atoms with Crippen LogP contribution in [0.4, 0.5) is 24.5 Å². The van der Waals surface area contributed by atoms with Gasteiger partial charge in [0.05, 0.1) is 6.61 Å². The summed E-state index contributed by atoms with van der Waals surface area (Å²) >= 11 is 0. The maximum Gasteiger partial charge on any atom is 0.422 e. The Morgan fingerprint density at radius 2 is 1.75 bits per heavy atom. The predicted octanol–water partition coefficient (Wildman–Crippen LogP) is 8.09. The predicted molar refractivity (Wildman–Crippen MR) is 199 cm³/mol. The van der Waals surface area contributed by atoms with Gasteiger partial charge in [0.25, 0.3) is 5.91 Å². The van der Waals surface area contributed by atoms with Gasteiger partial charge in [0.1, 0.15) is 18.1 Å². The van der Waals surface area contributed by atoms with Crippen LogP contribution in [0.5, 0.6) is 11.5 Å². The van der Waals surface area contributed by atoms with Crippen molar-refractivity contribution in [3.63, 3.8) is 0 Å². The van der Waals surface area contributed by atoms with E-state index in [9.17, 15) is 28.3 Å². The molecule has 5 rings (SSSR count). The molecule has 1 aliphatic rings. The van der Waals surface area contributed by atoms with Gasteiger partial charge in [0.15, 0.2) is 18.9 Å². The number of unbranched alkanes of at least 4 members (excludes halogenated alkanes) is 1. The van der Waals surface area contributed by atoms with E-state index in [4.69, 9.17) is 14.2 Å². The number of aliphatic hydroxyl groups is 1. The smallest absolute Gasteiger partial charge is 0.422 e. The molecule has 12 heteroatoms. The van der Waals surface area contributed by atoms with Gasteiger partial charge >= 0.3 is 6.18 Å². The lowest BCUT2D eigenvalue weighted by molar-refractivity contribution is -0.617. The zero-order valence-corrected chi connectivity index (χ0v) is 30.2. The second kappa shape index (κ2) is 18.1. The molecule has 53 heavy (non-hydrogen) atoms. The molecule has 2 N–H and O–H groups in total. The molecule has 2 heterocycles. The lowest BCUT2D eigenvalue weighted by atomic mass is 10.00. The number of nitrogens with one attached hydrogen (secondary N) is 1. The average Bonchev–Trinajstić information content (AvgIpc) is 3.31. The van der Waals surface area contributed by atoms with Crippen LogP contribution in [0.2, 0.25) is 0 Å². The molecule has 1 atom stereocenters. The highest BCUT2D eigenvalue weighted by Crippen LogP contribution is 2.35. The van der Waals surface area contributed by atoms with Gasteiger partial charge < -0.3 is 34.7 Å². The van der Waals surface area contributed by atoms with Crippen LogP contribution in [-0.4, -0.2) is 56.7 Å². The third-order valence-electron chi connectivity index (χ3n) is 8.64. The molecule has 0 spiro atoms. The van der Waals surface area contributed by atoms with Crippen LogP contribution in [0, 0.1) is 11.1 Å². The minimum atomic E-state index is -4.66. The Labute approximate surface area is 308 Å². The molecule has 1 amide bonds. The van der Waals surface area contributed by atoms with Gasteiger partial charge in [-0.3, -0.25) is 4.79 Å². The first kappa shape index (κ1) is 39.1. The molecule has 282 valence electrons. The number of carbonyl (C=O) groups is 1. The minimum absolute atomic E-state index is 0.0569. The van der Waals surface area contributed by atoms with E-state index in [0.29, 0.717) is 42.4 Å². The van der Waals surface area contributed by atoms with Crippen molar-refractivity contribution in [3.8, 4) is 22.6 Å². The highest BCUT2D eigenvalue weighted by Gasteiger charge is 2.31. The Morgan fingerprint density at radius 3 is 2.47 bits per heavy atom. The van der Waals surface area contributed by atoms with Crippen LogP contribution < -0.4 is 24.4 Å². The lowest BCUT2D eigenvalue weighted by Crippen LogP contribution is -2.33. The molecule has 1 aliphatic heterocycles. The Bertz CT molecular complexity index is 1860. The number of fused-ring (bicyclic) bond motifs is 1. The van der Waals surface area contributed by atoms with Crippen molar-refractivity contribution in [2.45, 2.75) is 52.3 Å². The number of halogens is 3. The van der Waals surface area contributed by atoms with E-state index in [1.165, 1.54) is 42.6 Å². The van der Waals surface area contributed by atoms with Gasteiger partial charge in [0.2, 0.25) is 5.69 Å². The number of aliphatic hydroxyl groups excluding tert-OH is 1. The number of pyridine rings is 1. The summed E-state index contributed by atoms with van der Waals surface area (Å²) < 4.78 is 56.5. The lowest BCUT2D eigenvalue weighted by Gasteiger charge is -2.27. The Hall–Kier alpha value is -5.07. The van der Waals surface area contributed by atoms with Crippen molar-refractivity contribution in [1.82, 2.24) is 0 Å². The first-order valence-electron chi connectivity index (χ1n) is 17.8. The fourth-order valence-corrected chi connectivity index (χ4v) is 6.04. The molecule has 1 unspecified atom stereocenters. The molecular formula is C41H46F3N3O6. The number of aromatic nitrogens is 1. The van der Waals surface area contributed by atoms with Crippen molar-refractivity contribution in [2.75, 3.05) is 49.7 Å². The number of nitrogens with zero attached hydrogens (tertiary/aromatic N) is 2. The SMILES string of the molecule is CCCCOCCOc1ccc(-c2ccc3c(c2)C=C(C(=O)Nc2ccc(C(O)c4cccc[n+]4[O-])c(OCC(F)(F)F)c2)CCN3CC(C)C)cc1. The van der Waals surface area contributed by atoms with Crippen molar-refractivity contribution in [2.24, 2.45) is 5.92 Å². The van der Waals surface area contributed by atoms with Gasteiger partial charge in [-0.25, -0.2) is 0 Å². The van der Waals surface area contributed by atoms with E-state index in [1.807, 2.05) is 36.4 Å². The summed E-state index contributed by atoms with van der Waals surface area (Å²) in [6.45, 7) is 7.83. The van der Waals surface area contributed by atoms with Crippen LogP contribution in [0.3, 0.4) is 0 Å². The molecule has 0 aliphatic carbocycles. The molecule has 0 saturated carbocycles. The summed E-state index contributed by atoms with van der Waals surface area (Å²) in [6.07, 6.45) is -0.689. The Balaban J connectivity index is 1.38. The average molecular weight is 734 g/mol. The van der Waals surface area contributed by atoms with Crippen LogP contribution in [0.25, 0.3) is 17.2 Å². The molecule has 9 nitrogen and oxygen atoms in total. The van der Waals surface area contributed by atoms with Gasteiger partial charge in [0, 0.05) is 60.4 Å². The molecule has 0 bridgehead atoms. The van der Waals surface area contributed by atoms with Crippen molar-refractivity contribution in [1.29, 1.82) is 0 Å². The van der Waals surface area contributed by atoms with Crippen molar-refractivity contribution in [3.05, 3.63) is 113 Å². The van der Waals surface area contributed by atoms with E-state index in [0.717, 1.165) is 54.1 Å².